The molecule has 2 heterocycles. The van der Waals surface area contributed by atoms with Gasteiger partial charge in [-0.25, -0.2) is 0 Å². The third-order valence-electron chi connectivity index (χ3n) is 5.56. The first kappa shape index (κ1) is 19.5. The molecule has 4 nitrogen and oxygen atoms in total. The maximum absolute atomic E-state index is 13.5. The van der Waals surface area contributed by atoms with E-state index in [4.69, 9.17) is 9.47 Å². The maximum Gasteiger partial charge on any atom is 0.254 e. The molecule has 0 saturated carbocycles. The minimum atomic E-state index is -0.128. The first-order valence-corrected chi connectivity index (χ1v) is 10.7. The average molecular weight is 408 g/mol. The fourth-order valence-electron chi connectivity index (χ4n) is 3.97. The zero-order valence-electron chi connectivity index (χ0n) is 17.0. The molecule has 150 valence electrons. The third-order valence-corrected chi connectivity index (χ3v) is 6.48. The van der Waals surface area contributed by atoms with Gasteiger partial charge in [-0.3, -0.25) is 4.79 Å². The normalized spacial score (nSPS) is 15.7. The van der Waals surface area contributed by atoms with Crippen molar-refractivity contribution in [3.63, 3.8) is 0 Å². The predicted molar refractivity (Wildman–Crippen MR) is 116 cm³/mol. The molecule has 0 aliphatic carbocycles. The minimum absolute atomic E-state index is 0.0616. The summed E-state index contributed by atoms with van der Waals surface area (Å²) in [6.07, 6.45) is 1.75. The molecule has 3 aromatic rings. The van der Waals surface area contributed by atoms with E-state index in [1.54, 1.807) is 25.6 Å². The van der Waals surface area contributed by atoms with Crippen LogP contribution in [-0.2, 0) is 12.8 Å². The van der Waals surface area contributed by atoms with E-state index >= 15 is 0 Å². The zero-order chi connectivity index (χ0) is 20.4. The van der Waals surface area contributed by atoms with Crippen molar-refractivity contribution >= 4 is 17.2 Å². The lowest BCUT2D eigenvalue weighted by molar-refractivity contribution is 0.0697. The molecule has 0 N–H and O–H groups in total. The van der Waals surface area contributed by atoms with Crippen LogP contribution in [0.3, 0.4) is 0 Å². The van der Waals surface area contributed by atoms with Gasteiger partial charge in [0.2, 0.25) is 0 Å². The second-order valence-corrected chi connectivity index (χ2v) is 8.10. The van der Waals surface area contributed by atoms with E-state index in [-0.39, 0.29) is 11.9 Å². The van der Waals surface area contributed by atoms with Gasteiger partial charge in [0.25, 0.3) is 5.91 Å². The van der Waals surface area contributed by atoms with E-state index < -0.39 is 0 Å². The fraction of sp³-hybridized carbons (Fsp3) is 0.292. The molecule has 4 rings (SSSR count). The Morgan fingerprint density at radius 1 is 1.10 bits per heavy atom. The van der Waals surface area contributed by atoms with E-state index in [9.17, 15) is 4.79 Å². The number of nitrogens with zero attached hydrogens (tertiary/aromatic N) is 1. The number of fused-ring (bicyclic) bond motifs is 1. The Hall–Kier alpha value is -2.79. The summed E-state index contributed by atoms with van der Waals surface area (Å²) in [5.41, 5.74) is 4.27. The van der Waals surface area contributed by atoms with Crippen LogP contribution in [0.15, 0.2) is 53.9 Å². The van der Waals surface area contributed by atoms with Crippen LogP contribution in [-0.4, -0.2) is 31.6 Å². The number of ether oxygens (including phenoxy) is 2. The Kier molecular flexibility index (Phi) is 5.58. The largest absolute Gasteiger partial charge is 0.493 e. The highest BCUT2D eigenvalue weighted by atomic mass is 32.1. The molecule has 0 radical (unpaired) electrons. The van der Waals surface area contributed by atoms with Crippen LogP contribution in [0.25, 0.3) is 0 Å². The summed E-state index contributed by atoms with van der Waals surface area (Å²) in [5.74, 6) is 1.48. The van der Waals surface area contributed by atoms with Crippen LogP contribution < -0.4 is 9.47 Å². The fourth-order valence-corrected chi connectivity index (χ4v) is 4.82. The Labute approximate surface area is 175 Å². The molecule has 0 spiro atoms. The SMILES string of the molecule is CCc1ccc(C(=O)N2CCc3cc(OC)c(OC)cc3[C@H]2c2cccs2)cc1. The van der Waals surface area contributed by atoms with Gasteiger partial charge in [-0.15, -0.1) is 11.3 Å². The Morgan fingerprint density at radius 3 is 2.45 bits per heavy atom. The molecular weight excluding hydrogens is 382 g/mol. The number of methoxy groups -OCH3 is 2. The molecule has 1 amide bonds. The summed E-state index contributed by atoms with van der Waals surface area (Å²) in [6, 6.07) is 16.0. The van der Waals surface area contributed by atoms with Crippen LogP contribution in [0.4, 0.5) is 0 Å². The summed E-state index contributed by atoms with van der Waals surface area (Å²) in [6.45, 7) is 2.78. The summed E-state index contributed by atoms with van der Waals surface area (Å²) in [5, 5.41) is 2.06. The van der Waals surface area contributed by atoms with Crippen molar-refractivity contribution in [3.05, 3.63) is 81.0 Å². The van der Waals surface area contributed by atoms with Gasteiger partial charge in [-0.1, -0.05) is 25.1 Å². The number of hydrogen-bond acceptors (Lipinski definition) is 4. The number of carbonyl (C=O) groups is 1. The van der Waals surface area contributed by atoms with Gasteiger partial charge in [0.15, 0.2) is 11.5 Å². The third kappa shape index (κ3) is 3.62. The van der Waals surface area contributed by atoms with Gasteiger partial charge >= 0.3 is 0 Å². The number of amides is 1. The van der Waals surface area contributed by atoms with Crippen molar-refractivity contribution in [3.8, 4) is 11.5 Å². The van der Waals surface area contributed by atoms with Crippen LogP contribution in [0.1, 0.15) is 44.9 Å². The van der Waals surface area contributed by atoms with Crippen molar-refractivity contribution < 1.29 is 14.3 Å². The number of rotatable bonds is 5. The standard InChI is InChI=1S/C24H25NO3S/c1-4-16-7-9-17(10-8-16)24(26)25-12-11-18-14-20(27-2)21(28-3)15-19(18)23(25)22-6-5-13-29-22/h5-10,13-15,23H,4,11-12H2,1-3H3/t23-/m0/s1. The lowest BCUT2D eigenvalue weighted by Gasteiger charge is -2.37. The summed E-state index contributed by atoms with van der Waals surface area (Å²) in [4.78, 5) is 16.6. The summed E-state index contributed by atoms with van der Waals surface area (Å²) < 4.78 is 11.0. The molecule has 0 fully saturated rings. The van der Waals surface area contributed by atoms with Crippen molar-refractivity contribution in [2.75, 3.05) is 20.8 Å². The molecule has 0 bridgehead atoms. The molecule has 1 aliphatic rings. The van der Waals surface area contributed by atoms with Crippen molar-refractivity contribution in [1.82, 2.24) is 4.90 Å². The molecule has 0 unspecified atom stereocenters. The Morgan fingerprint density at radius 2 is 1.83 bits per heavy atom. The number of carbonyl (C=O) groups excluding carboxylic acids is 1. The van der Waals surface area contributed by atoms with Gasteiger partial charge < -0.3 is 14.4 Å². The monoisotopic (exact) mass is 407 g/mol. The molecule has 1 aliphatic heterocycles. The van der Waals surface area contributed by atoms with Crippen LogP contribution >= 0.6 is 11.3 Å². The first-order valence-electron chi connectivity index (χ1n) is 9.84. The molecular formula is C24H25NO3S. The van der Waals surface area contributed by atoms with Crippen LogP contribution in [0.5, 0.6) is 11.5 Å². The minimum Gasteiger partial charge on any atom is -0.493 e. The highest BCUT2D eigenvalue weighted by molar-refractivity contribution is 7.10. The topological polar surface area (TPSA) is 38.8 Å². The maximum atomic E-state index is 13.5. The van der Waals surface area contributed by atoms with Gasteiger partial charge in [-0.2, -0.15) is 0 Å². The van der Waals surface area contributed by atoms with E-state index in [0.29, 0.717) is 12.3 Å². The molecule has 5 heteroatoms. The summed E-state index contributed by atoms with van der Waals surface area (Å²) in [7, 11) is 3.30. The van der Waals surface area contributed by atoms with E-state index in [2.05, 4.69) is 18.4 Å². The smallest absolute Gasteiger partial charge is 0.254 e. The second-order valence-electron chi connectivity index (χ2n) is 7.12. The quantitative estimate of drug-likeness (QED) is 0.590. The molecule has 29 heavy (non-hydrogen) atoms. The van der Waals surface area contributed by atoms with Gasteiger partial charge in [0, 0.05) is 17.0 Å². The van der Waals surface area contributed by atoms with Crippen LogP contribution in [0.2, 0.25) is 0 Å². The van der Waals surface area contributed by atoms with Crippen LogP contribution in [0, 0.1) is 0 Å². The van der Waals surface area contributed by atoms with Gasteiger partial charge in [0.1, 0.15) is 0 Å². The van der Waals surface area contributed by atoms with Gasteiger partial charge in [0.05, 0.1) is 20.3 Å². The lowest BCUT2D eigenvalue weighted by Crippen LogP contribution is -2.40. The van der Waals surface area contributed by atoms with E-state index in [1.165, 1.54) is 11.1 Å². The number of aryl methyl sites for hydroxylation is 1. The van der Waals surface area contributed by atoms with Gasteiger partial charge in [-0.05, 0) is 65.2 Å². The second kappa shape index (κ2) is 8.29. The van der Waals surface area contributed by atoms with E-state index in [1.807, 2.05) is 47.4 Å². The predicted octanol–water partition coefficient (Wildman–Crippen LogP) is 5.12. The van der Waals surface area contributed by atoms with E-state index in [0.717, 1.165) is 34.6 Å². The summed E-state index contributed by atoms with van der Waals surface area (Å²) >= 11 is 1.67. The molecule has 1 atom stereocenters. The first-order chi connectivity index (χ1) is 14.2. The number of thiophene rings is 1. The average Bonchev–Trinajstić information content (AvgIpc) is 3.31. The van der Waals surface area contributed by atoms with Crippen molar-refractivity contribution in [1.29, 1.82) is 0 Å². The Bertz CT molecular complexity index is 996. The van der Waals surface area contributed by atoms with Crippen molar-refractivity contribution in [2.45, 2.75) is 25.8 Å². The lowest BCUT2D eigenvalue weighted by atomic mass is 9.90. The molecule has 2 aromatic carbocycles. The zero-order valence-corrected chi connectivity index (χ0v) is 17.8. The highest BCUT2D eigenvalue weighted by Crippen LogP contribution is 2.42. The Balaban J connectivity index is 1.78. The number of benzene rings is 2. The van der Waals surface area contributed by atoms with Crippen molar-refractivity contribution in [2.24, 2.45) is 0 Å². The highest BCUT2D eigenvalue weighted by Gasteiger charge is 2.34. The number of hydrogen-bond donors (Lipinski definition) is 0. The molecule has 1 aromatic heterocycles. The molecule has 0 saturated heterocycles.